The van der Waals surface area contributed by atoms with Crippen LogP contribution in [0.4, 0.5) is 0 Å². The summed E-state index contributed by atoms with van der Waals surface area (Å²) in [6.45, 7) is 1.09. The molecule has 1 aliphatic carbocycles. The van der Waals surface area contributed by atoms with E-state index in [4.69, 9.17) is 0 Å². The Balaban J connectivity index is 1.54. The van der Waals surface area contributed by atoms with Crippen molar-refractivity contribution < 1.29 is 9.59 Å². The van der Waals surface area contributed by atoms with E-state index in [0.29, 0.717) is 25.9 Å². The number of nitrogens with one attached hydrogen (secondary N) is 1. The standard InChI is InChI=1S/C20H25N3O2/c21-15-20(10-5-2-6-11-20)22-19(25)17-13-18(24)23(14-17)12-9-16-7-3-1-4-8-16/h1,3-4,7-8,17H,2,5-6,9-14H2,(H,22,25). The van der Waals surface area contributed by atoms with Gasteiger partial charge in [-0.15, -0.1) is 0 Å². The summed E-state index contributed by atoms with van der Waals surface area (Å²) in [7, 11) is 0. The first kappa shape index (κ1) is 17.5. The lowest BCUT2D eigenvalue weighted by Gasteiger charge is -2.32. The minimum absolute atomic E-state index is 0.0331. The average Bonchev–Trinajstić information content (AvgIpc) is 3.02. The largest absolute Gasteiger partial charge is 0.342 e. The predicted molar refractivity (Wildman–Crippen MR) is 94.4 cm³/mol. The lowest BCUT2D eigenvalue weighted by atomic mass is 9.82. The van der Waals surface area contributed by atoms with Crippen molar-refractivity contribution in [2.75, 3.05) is 13.1 Å². The maximum absolute atomic E-state index is 12.6. The van der Waals surface area contributed by atoms with Gasteiger partial charge in [0.25, 0.3) is 0 Å². The second kappa shape index (κ2) is 7.69. The fourth-order valence-corrected chi connectivity index (χ4v) is 3.83. The summed E-state index contributed by atoms with van der Waals surface area (Å²) in [5, 5.41) is 12.5. The van der Waals surface area contributed by atoms with E-state index in [2.05, 4.69) is 11.4 Å². The molecular formula is C20H25N3O2. The lowest BCUT2D eigenvalue weighted by molar-refractivity contribution is -0.129. The molecule has 1 saturated carbocycles. The van der Waals surface area contributed by atoms with E-state index in [1.54, 1.807) is 4.90 Å². The first-order valence-electron chi connectivity index (χ1n) is 9.17. The van der Waals surface area contributed by atoms with Crippen LogP contribution < -0.4 is 5.32 Å². The van der Waals surface area contributed by atoms with Gasteiger partial charge in [-0.05, 0) is 24.8 Å². The van der Waals surface area contributed by atoms with Gasteiger partial charge in [-0.3, -0.25) is 9.59 Å². The fraction of sp³-hybridized carbons (Fsp3) is 0.550. The number of carbonyl (C=O) groups excluding carboxylic acids is 2. The molecule has 132 valence electrons. The van der Waals surface area contributed by atoms with Gasteiger partial charge in [0.05, 0.1) is 12.0 Å². The van der Waals surface area contributed by atoms with Gasteiger partial charge in [0.1, 0.15) is 5.54 Å². The molecule has 0 bridgehead atoms. The van der Waals surface area contributed by atoms with Crippen LogP contribution in [0.1, 0.15) is 44.1 Å². The number of rotatable bonds is 5. The molecule has 2 aliphatic rings. The molecule has 5 nitrogen and oxygen atoms in total. The molecule has 2 fully saturated rings. The number of carbonyl (C=O) groups is 2. The number of hydrogen-bond acceptors (Lipinski definition) is 3. The second-order valence-electron chi connectivity index (χ2n) is 7.22. The number of nitrogens with zero attached hydrogens (tertiary/aromatic N) is 2. The molecule has 25 heavy (non-hydrogen) atoms. The van der Waals surface area contributed by atoms with E-state index in [1.807, 2.05) is 30.3 Å². The highest BCUT2D eigenvalue weighted by Gasteiger charge is 2.39. The van der Waals surface area contributed by atoms with E-state index in [0.717, 1.165) is 25.7 Å². The van der Waals surface area contributed by atoms with Crippen LogP contribution in [-0.2, 0) is 16.0 Å². The summed E-state index contributed by atoms with van der Waals surface area (Å²) >= 11 is 0. The summed E-state index contributed by atoms with van der Waals surface area (Å²) in [6.07, 6.45) is 5.54. The van der Waals surface area contributed by atoms with Crippen LogP contribution in [0.15, 0.2) is 30.3 Å². The summed E-state index contributed by atoms with van der Waals surface area (Å²) in [5.41, 5.74) is 0.462. The maximum atomic E-state index is 12.6. The Hall–Kier alpha value is -2.35. The van der Waals surface area contributed by atoms with Gasteiger partial charge in [-0.2, -0.15) is 5.26 Å². The molecule has 1 aromatic rings. The topological polar surface area (TPSA) is 73.2 Å². The van der Waals surface area contributed by atoms with Crippen LogP contribution in [0.5, 0.6) is 0 Å². The van der Waals surface area contributed by atoms with Gasteiger partial charge in [0.2, 0.25) is 11.8 Å². The summed E-state index contributed by atoms with van der Waals surface area (Å²) in [6, 6.07) is 12.4. The van der Waals surface area contributed by atoms with Crippen LogP contribution in [0.3, 0.4) is 0 Å². The number of nitriles is 1. The van der Waals surface area contributed by atoms with E-state index >= 15 is 0 Å². The molecule has 0 spiro atoms. The fourth-order valence-electron chi connectivity index (χ4n) is 3.83. The highest BCUT2D eigenvalue weighted by Crippen LogP contribution is 2.29. The molecular weight excluding hydrogens is 314 g/mol. The van der Waals surface area contributed by atoms with Crippen molar-refractivity contribution in [2.45, 2.75) is 50.5 Å². The highest BCUT2D eigenvalue weighted by atomic mass is 16.2. The van der Waals surface area contributed by atoms with Crippen LogP contribution in [0.2, 0.25) is 0 Å². The third kappa shape index (κ3) is 4.19. The Morgan fingerprint density at radius 3 is 2.64 bits per heavy atom. The van der Waals surface area contributed by atoms with Crippen molar-refractivity contribution in [3.63, 3.8) is 0 Å². The van der Waals surface area contributed by atoms with Gasteiger partial charge >= 0.3 is 0 Å². The Bertz CT molecular complexity index is 659. The normalized spacial score (nSPS) is 22.4. The minimum Gasteiger partial charge on any atom is -0.342 e. The van der Waals surface area contributed by atoms with E-state index in [-0.39, 0.29) is 24.2 Å². The van der Waals surface area contributed by atoms with E-state index < -0.39 is 5.54 Å². The quantitative estimate of drug-likeness (QED) is 0.895. The van der Waals surface area contributed by atoms with Crippen molar-refractivity contribution in [1.29, 1.82) is 5.26 Å². The van der Waals surface area contributed by atoms with E-state index in [9.17, 15) is 14.9 Å². The van der Waals surface area contributed by atoms with Crippen LogP contribution in [0.25, 0.3) is 0 Å². The predicted octanol–water partition coefficient (Wildman–Crippen LogP) is 2.42. The number of benzene rings is 1. The molecule has 2 amide bonds. The second-order valence-corrected chi connectivity index (χ2v) is 7.22. The molecule has 0 aromatic heterocycles. The maximum Gasteiger partial charge on any atom is 0.226 e. The third-order valence-corrected chi connectivity index (χ3v) is 5.38. The SMILES string of the molecule is N#CC1(NC(=O)C2CC(=O)N(CCc3ccccc3)C2)CCCCC1. The molecule has 1 aromatic carbocycles. The zero-order valence-electron chi connectivity index (χ0n) is 14.5. The van der Waals surface area contributed by atoms with Gasteiger partial charge in [0.15, 0.2) is 0 Å². The van der Waals surface area contributed by atoms with Crippen molar-refractivity contribution >= 4 is 11.8 Å². The number of hydrogen-bond donors (Lipinski definition) is 1. The van der Waals surface area contributed by atoms with Crippen LogP contribution >= 0.6 is 0 Å². The lowest BCUT2D eigenvalue weighted by Crippen LogP contribution is -2.51. The molecule has 0 radical (unpaired) electrons. The molecule has 1 unspecified atom stereocenters. The Kier molecular flexibility index (Phi) is 5.37. The van der Waals surface area contributed by atoms with Crippen LogP contribution in [0, 0.1) is 17.2 Å². The van der Waals surface area contributed by atoms with Crippen molar-refractivity contribution in [2.24, 2.45) is 5.92 Å². The Morgan fingerprint density at radius 1 is 1.24 bits per heavy atom. The highest BCUT2D eigenvalue weighted by molar-refractivity contribution is 5.89. The molecule has 5 heteroatoms. The first-order chi connectivity index (χ1) is 12.1. The van der Waals surface area contributed by atoms with Gasteiger partial charge in [0, 0.05) is 19.5 Å². The molecule has 1 saturated heterocycles. The van der Waals surface area contributed by atoms with Crippen LogP contribution in [-0.4, -0.2) is 35.3 Å². The summed E-state index contributed by atoms with van der Waals surface area (Å²) in [4.78, 5) is 26.6. The van der Waals surface area contributed by atoms with Gasteiger partial charge < -0.3 is 10.2 Å². The van der Waals surface area contributed by atoms with E-state index in [1.165, 1.54) is 5.56 Å². The molecule has 1 N–H and O–H groups in total. The Morgan fingerprint density at radius 2 is 1.96 bits per heavy atom. The molecule has 3 rings (SSSR count). The smallest absolute Gasteiger partial charge is 0.226 e. The Labute approximate surface area is 149 Å². The van der Waals surface area contributed by atoms with Crippen molar-refractivity contribution in [1.82, 2.24) is 10.2 Å². The zero-order chi connectivity index (χ0) is 17.7. The third-order valence-electron chi connectivity index (χ3n) is 5.38. The molecule has 1 heterocycles. The first-order valence-corrected chi connectivity index (χ1v) is 9.17. The monoisotopic (exact) mass is 339 g/mol. The summed E-state index contributed by atoms with van der Waals surface area (Å²) in [5.74, 6) is -0.444. The average molecular weight is 339 g/mol. The zero-order valence-corrected chi connectivity index (χ0v) is 14.5. The number of amides is 2. The number of likely N-dealkylation sites (tertiary alicyclic amines) is 1. The van der Waals surface area contributed by atoms with Crippen molar-refractivity contribution in [3.05, 3.63) is 35.9 Å². The minimum atomic E-state index is -0.726. The van der Waals surface area contributed by atoms with Crippen molar-refractivity contribution in [3.8, 4) is 6.07 Å². The van der Waals surface area contributed by atoms with Gasteiger partial charge in [-0.1, -0.05) is 49.6 Å². The molecule has 1 atom stereocenters. The molecule has 1 aliphatic heterocycles. The van der Waals surface area contributed by atoms with Gasteiger partial charge in [-0.25, -0.2) is 0 Å². The summed E-state index contributed by atoms with van der Waals surface area (Å²) < 4.78 is 0.